The summed E-state index contributed by atoms with van der Waals surface area (Å²) in [6.45, 7) is 1.84. The monoisotopic (exact) mass is 321 g/mol. The number of nitrogens with zero attached hydrogens (tertiary/aromatic N) is 1. The quantitative estimate of drug-likeness (QED) is 0.611. The molecule has 2 saturated heterocycles. The van der Waals surface area contributed by atoms with Crippen molar-refractivity contribution in [2.24, 2.45) is 5.92 Å². The Labute approximate surface area is 125 Å². The summed E-state index contributed by atoms with van der Waals surface area (Å²) in [5.74, 6) is -0.472. The lowest BCUT2D eigenvalue weighted by Gasteiger charge is -2.31. The lowest BCUT2D eigenvalue weighted by molar-refractivity contribution is -0.146. The van der Waals surface area contributed by atoms with E-state index in [-0.39, 0.29) is 24.0 Å². The average molecular weight is 321 g/mol. The molecule has 0 saturated carbocycles. The molecule has 0 spiro atoms. The van der Waals surface area contributed by atoms with Crippen LogP contribution in [0.5, 0.6) is 0 Å². The second-order valence-corrected chi connectivity index (χ2v) is 7.06. The van der Waals surface area contributed by atoms with Gasteiger partial charge in [0.05, 0.1) is 25.2 Å². The summed E-state index contributed by atoms with van der Waals surface area (Å²) < 4.78 is 38.7. The van der Waals surface area contributed by atoms with Gasteiger partial charge in [-0.1, -0.05) is 0 Å². The number of hydrogen-bond acceptors (Lipinski definition) is 6. The Morgan fingerprint density at radius 3 is 2.48 bits per heavy atom. The minimum Gasteiger partial charge on any atom is -0.469 e. The highest BCUT2D eigenvalue weighted by Gasteiger charge is 2.36. The molecule has 122 valence electrons. The highest BCUT2D eigenvalue weighted by atomic mass is 32.2. The maximum absolute atomic E-state index is 12.4. The number of carbonyl (C=O) groups is 1. The van der Waals surface area contributed by atoms with Crippen LogP contribution < -0.4 is 10.0 Å². The molecule has 0 bridgehead atoms. The predicted octanol–water partition coefficient (Wildman–Crippen LogP) is -1.31. The van der Waals surface area contributed by atoms with E-state index >= 15 is 0 Å². The molecule has 0 aromatic rings. The molecule has 1 unspecified atom stereocenters. The zero-order chi connectivity index (χ0) is 15.5. The van der Waals surface area contributed by atoms with Crippen molar-refractivity contribution in [3.63, 3.8) is 0 Å². The first kappa shape index (κ1) is 16.6. The largest absolute Gasteiger partial charge is 0.469 e. The van der Waals surface area contributed by atoms with Crippen molar-refractivity contribution in [1.82, 2.24) is 14.3 Å². The standard InChI is InChI=1S/C12H23N3O5S/c1-19-11-8-13-7-10(11)14-21(17,18)15-5-3-9(4-6-15)12(16)20-2/h9-11,13-14H,3-8H2,1-2H3/t10?,11-/m0/s1. The highest BCUT2D eigenvalue weighted by Crippen LogP contribution is 2.20. The number of methoxy groups -OCH3 is 2. The molecule has 2 rings (SSSR count). The zero-order valence-corrected chi connectivity index (χ0v) is 13.2. The van der Waals surface area contributed by atoms with Gasteiger partial charge >= 0.3 is 5.97 Å². The molecule has 2 fully saturated rings. The number of hydrogen-bond donors (Lipinski definition) is 2. The fourth-order valence-corrected chi connectivity index (χ4v) is 4.24. The van der Waals surface area contributed by atoms with Crippen molar-refractivity contribution in [3.8, 4) is 0 Å². The Morgan fingerprint density at radius 1 is 1.24 bits per heavy atom. The van der Waals surface area contributed by atoms with E-state index in [4.69, 9.17) is 9.47 Å². The van der Waals surface area contributed by atoms with Crippen molar-refractivity contribution >= 4 is 16.2 Å². The van der Waals surface area contributed by atoms with Crippen LogP contribution in [0.1, 0.15) is 12.8 Å². The molecular formula is C12H23N3O5S. The fraction of sp³-hybridized carbons (Fsp3) is 0.917. The average Bonchev–Trinajstić information content (AvgIpc) is 2.93. The van der Waals surface area contributed by atoms with E-state index in [9.17, 15) is 13.2 Å². The molecule has 0 amide bonds. The van der Waals surface area contributed by atoms with E-state index in [0.717, 1.165) is 0 Å². The van der Waals surface area contributed by atoms with Crippen molar-refractivity contribution in [1.29, 1.82) is 0 Å². The lowest BCUT2D eigenvalue weighted by Crippen LogP contribution is -2.52. The van der Waals surface area contributed by atoms with E-state index in [0.29, 0.717) is 39.0 Å². The van der Waals surface area contributed by atoms with Gasteiger partial charge in [0.15, 0.2) is 0 Å². The number of rotatable bonds is 5. The second kappa shape index (κ2) is 7.01. The predicted molar refractivity (Wildman–Crippen MR) is 75.8 cm³/mol. The van der Waals surface area contributed by atoms with E-state index in [2.05, 4.69) is 10.0 Å². The summed E-state index contributed by atoms with van der Waals surface area (Å²) in [6, 6.07) is -0.265. The maximum atomic E-state index is 12.4. The normalized spacial score (nSPS) is 28.7. The second-order valence-electron chi connectivity index (χ2n) is 5.36. The first-order chi connectivity index (χ1) is 9.97. The van der Waals surface area contributed by atoms with Gasteiger partial charge in [0.1, 0.15) is 0 Å². The number of esters is 1. The van der Waals surface area contributed by atoms with Crippen molar-refractivity contribution < 1.29 is 22.7 Å². The maximum Gasteiger partial charge on any atom is 0.308 e. The number of nitrogens with one attached hydrogen (secondary N) is 2. The summed E-state index contributed by atoms with van der Waals surface area (Å²) in [6.07, 6.45) is 0.821. The topological polar surface area (TPSA) is 97.0 Å². The third-order valence-corrected chi connectivity index (χ3v) is 5.74. The molecule has 9 heteroatoms. The molecule has 2 N–H and O–H groups in total. The lowest BCUT2D eigenvalue weighted by atomic mass is 9.99. The Bertz CT molecular complexity index is 462. The van der Waals surface area contributed by atoms with E-state index in [1.165, 1.54) is 11.4 Å². The highest BCUT2D eigenvalue weighted by molar-refractivity contribution is 7.87. The minimum atomic E-state index is -3.55. The van der Waals surface area contributed by atoms with Gasteiger partial charge in [0.25, 0.3) is 10.2 Å². The summed E-state index contributed by atoms with van der Waals surface area (Å²) >= 11 is 0. The van der Waals surface area contributed by atoms with E-state index < -0.39 is 10.2 Å². The van der Waals surface area contributed by atoms with E-state index in [1.54, 1.807) is 7.11 Å². The molecule has 8 nitrogen and oxygen atoms in total. The van der Waals surface area contributed by atoms with E-state index in [1.807, 2.05) is 0 Å². The molecule has 2 aliphatic heterocycles. The van der Waals surface area contributed by atoms with Crippen LogP contribution >= 0.6 is 0 Å². The smallest absolute Gasteiger partial charge is 0.308 e. The zero-order valence-electron chi connectivity index (χ0n) is 12.4. The SMILES string of the molecule is COC(=O)C1CCN(S(=O)(=O)NC2CNC[C@@H]2OC)CC1. The first-order valence-electron chi connectivity index (χ1n) is 7.06. The van der Waals surface area contributed by atoms with Gasteiger partial charge in [-0.15, -0.1) is 0 Å². The molecule has 21 heavy (non-hydrogen) atoms. The molecule has 2 atom stereocenters. The molecule has 2 aliphatic rings. The van der Waals surface area contributed by atoms with Crippen molar-refractivity contribution in [2.45, 2.75) is 25.0 Å². The van der Waals surface area contributed by atoms with Crippen LogP contribution in [-0.4, -0.2) is 71.2 Å². The number of ether oxygens (including phenoxy) is 2. The van der Waals surface area contributed by atoms with Crippen molar-refractivity contribution in [2.75, 3.05) is 40.4 Å². The Balaban J connectivity index is 1.91. The molecule has 2 heterocycles. The number of carbonyl (C=O) groups excluding carboxylic acids is 1. The summed E-state index contributed by atoms with van der Waals surface area (Å²) in [5, 5.41) is 3.10. The third-order valence-electron chi connectivity index (χ3n) is 4.09. The fourth-order valence-electron chi connectivity index (χ4n) is 2.78. The van der Waals surface area contributed by atoms with Gasteiger partial charge in [0.2, 0.25) is 0 Å². The van der Waals surface area contributed by atoms with Crippen molar-refractivity contribution in [3.05, 3.63) is 0 Å². The molecule has 0 aromatic heterocycles. The van der Waals surface area contributed by atoms with Gasteiger partial charge in [-0.2, -0.15) is 17.4 Å². The molecule has 0 aliphatic carbocycles. The van der Waals surface area contributed by atoms with Crippen LogP contribution in [0.3, 0.4) is 0 Å². The third kappa shape index (κ3) is 3.92. The summed E-state index contributed by atoms with van der Waals surface area (Å²) in [4.78, 5) is 11.5. The summed E-state index contributed by atoms with van der Waals surface area (Å²) in [7, 11) is -0.632. The van der Waals surface area contributed by atoms with Crippen LogP contribution in [-0.2, 0) is 24.5 Å². The summed E-state index contributed by atoms with van der Waals surface area (Å²) in [5.41, 5.74) is 0. The van der Waals surface area contributed by atoms with Crippen LogP contribution in [0.4, 0.5) is 0 Å². The van der Waals surface area contributed by atoms with Gasteiger partial charge in [0, 0.05) is 33.3 Å². The van der Waals surface area contributed by atoms with Gasteiger partial charge in [-0.25, -0.2) is 0 Å². The van der Waals surface area contributed by atoms with Gasteiger partial charge in [-0.05, 0) is 12.8 Å². The van der Waals surface area contributed by atoms with Gasteiger partial charge in [-0.3, -0.25) is 4.79 Å². The first-order valence-corrected chi connectivity index (χ1v) is 8.50. The van der Waals surface area contributed by atoms with Crippen LogP contribution in [0.25, 0.3) is 0 Å². The Kier molecular flexibility index (Phi) is 5.55. The Hall–Kier alpha value is -0.740. The Morgan fingerprint density at radius 2 is 1.90 bits per heavy atom. The van der Waals surface area contributed by atoms with Crippen LogP contribution in [0, 0.1) is 5.92 Å². The molecular weight excluding hydrogens is 298 g/mol. The van der Waals surface area contributed by atoms with Crippen LogP contribution in [0.15, 0.2) is 0 Å². The molecule has 0 aromatic carbocycles. The van der Waals surface area contributed by atoms with Crippen LogP contribution in [0.2, 0.25) is 0 Å². The molecule has 0 radical (unpaired) electrons. The minimum absolute atomic E-state index is 0.160. The van der Waals surface area contributed by atoms with Gasteiger partial charge < -0.3 is 14.8 Å². The number of piperidine rings is 1.